The number of aryl methyl sites for hydroxylation is 2. The van der Waals surface area contributed by atoms with Crippen molar-refractivity contribution in [2.45, 2.75) is 51.9 Å². The zero-order chi connectivity index (χ0) is 29.5. The molecule has 0 radical (unpaired) electrons. The minimum Gasteiger partial charge on any atom is -0.329 e. The molecule has 0 aromatic carbocycles. The smallest absolute Gasteiger partial charge is 0.329 e. The molecule has 3 rings (SSSR count). The highest BCUT2D eigenvalue weighted by molar-refractivity contribution is 7.10. The lowest BCUT2D eigenvalue weighted by molar-refractivity contribution is -0.141. The molecule has 1 amide bonds. The second-order valence-corrected chi connectivity index (χ2v) is 10.2. The van der Waals surface area contributed by atoms with Crippen LogP contribution < -0.4 is 10.6 Å². The van der Waals surface area contributed by atoms with Gasteiger partial charge in [-0.1, -0.05) is 6.92 Å². The van der Waals surface area contributed by atoms with Crippen molar-refractivity contribution in [2.75, 3.05) is 30.8 Å². The van der Waals surface area contributed by atoms with Gasteiger partial charge in [0.2, 0.25) is 0 Å². The Kier molecular flexibility index (Phi) is 10.4. The van der Waals surface area contributed by atoms with Gasteiger partial charge in [0.25, 0.3) is 5.91 Å². The molecule has 0 aliphatic heterocycles. The Morgan fingerprint density at radius 2 is 1.77 bits per heavy atom. The molecule has 2 N–H and O–H groups in total. The molecule has 0 saturated heterocycles. The molecule has 0 bridgehead atoms. The molecular weight excluding hydrogens is 560 g/mol. The van der Waals surface area contributed by atoms with Crippen LogP contribution in [-0.4, -0.2) is 56.4 Å². The first-order valence-corrected chi connectivity index (χ1v) is 13.1. The molecule has 3 aromatic heterocycles. The lowest BCUT2D eigenvalue weighted by atomic mass is 10.00. The number of carbonyl (C=O) groups is 1. The van der Waals surface area contributed by atoms with Gasteiger partial charge in [0, 0.05) is 12.2 Å². The molecular formula is C25H29F6N7OS. The van der Waals surface area contributed by atoms with Gasteiger partial charge in [-0.25, -0.2) is 9.97 Å². The van der Waals surface area contributed by atoms with E-state index in [0.717, 1.165) is 36.3 Å². The maximum absolute atomic E-state index is 13.0. The van der Waals surface area contributed by atoms with E-state index in [1.807, 2.05) is 6.92 Å². The molecule has 218 valence electrons. The highest BCUT2D eigenvalue weighted by Crippen LogP contribution is 2.30. The average molecular weight is 590 g/mol. The van der Waals surface area contributed by atoms with Crippen LogP contribution in [0.2, 0.25) is 0 Å². The SMILES string of the molecule is Cc1nsc(Nc2cnc(C(F)(F)F)cn2)c1C(=O)Nc1ccc(CCC(C)CCN(C)CCC(F)(F)F)nc1. The first-order chi connectivity index (χ1) is 18.7. The van der Waals surface area contributed by atoms with Crippen molar-refractivity contribution in [1.29, 1.82) is 0 Å². The van der Waals surface area contributed by atoms with Crippen LogP contribution in [-0.2, 0) is 12.6 Å². The van der Waals surface area contributed by atoms with Gasteiger partial charge in [0.15, 0.2) is 5.69 Å². The molecule has 8 nitrogen and oxygen atoms in total. The first-order valence-electron chi connectivity index (χ1n) is 12.4. The number of rotatable bonds is 12. The zero-order valence-corrected chi connectivity index (χ0v) is 22.8. The third-order valence-corrected chi connectivity index (χ3v) is 6.88. The normalized spacial score (nSPS) is 12.9. The molecule has 0 spiro atoms. The molecule has 3 heterocycles. The molecule has 0 aliphatic rings. The van der Waals surface area contributed by atoms with Crippen molar-refractivity contribution >= 4 is 33.9 Å². The molecule has 40 heavy (non-hydrogen) atoms. The third kappa shape index (κ3) is 9.70. The van der Waals surface area contributed by atoms with Gasteiger partial charge < -0.3 is 15.5 Å². The number of anilines is 3. The number of hydrogen-bond acceptors (Lipinski definition) is 8. The molecule has 3 aromatic rings. The largest absolute Gasteiger partial charge is 0.434 e. The van der Waals surface area contributed by atoms with Crippen LogP contribution in [0.3, 0.4) is 0 Å². The van der Waals surface area contributed by atoms with Crippen LogP contribution in [0.5, 0.6) is 0 Å². The highest BCUT2D eigenvalue weighted by atomic mass is 32.1. The lowest BCUT2D eigenvalue weighted by Gasteiger charge is -2.20. The Labute approximate surface area is 231 Å². The molecule has 1 atom stereocenters. The monoisotopic (exact) mass is 589 g/mol. The molecule has 15 heteroatoms. The number of carbonyl (C=O) groups excluding carboxylic acids is 1. The Hall–Kier alpha value is -3.33. The van der Waals surface area contributed by atoms with Crippen LogP contribution in [0.1, 0.15) is 53.6 Å². The van der Waals surface area contributed by atoms with Crippen LogP contribution in [0, 0.1) is 12.8 Å². The molecule has 0 fully saturated rings. The third-order valence-electron chi connectivity index (χ3n) is 6.03. The summed E-state index contributed by atoms with van der Waals surface area (Å²) in [5.74, 6) is -0.158. The second kappa shape index (κ2) is 13.4. The predicted octanol–water partition coefficient (Wildman–Crippen LogP) is 6.49. The Morgan fingerprint density at radius 1 is 1.02 bits per heavy atom. The average Bonchev–Trinajstić information content (AvgIpc) is 3.24. The fourth-order valence-corrected chi connectivity index (χ4v) is 4.43. The summed E-state index contributed by atoms with van der Waals surface area (Å²) in [6.07, 6.45) is -4.28. The van der Waals surface area contributed by atoms with Gasteiger partial charge in [-0.2, -0.15) is 30.7 Å². The van der Waals surface area contributed by atoms with Gasteiger partial charge in [-0.3, -0.25) is 9.78 Å². The van der Waals surface area contributed by atoms with Gasteiger partial charge in [0.1, 0.15) is 10.8 Å². The number of hydrogen-bond donors (Lipinski definition) is 2. The molecule has 0 saturated carbocycles. The van der Waals surface area contributed by atoms with E-state index in [2.05, 4.69) is 30.0 Å². The van der Waals surface area contributed by atoms with E-state index in [4.69, 9.17) is 0 Å². The summed E-state index contributed by atoms with van der Waals surface area (Å²) in [6, 6.07) is 3.49. The van der Waals surface area contributed by atoms with E-state index in [0.29, 0.717) is 41.5 Å². The second-order valence-electron chi connectivity index (χ2n) is 9.48. The van der Waals surface area contributed by atoms with Gasteiger partial charge >= 0.3 is 12.4 Å². The highest BCUT2D eigenvalue weighted by Gasteiger charge is 2.33. The van der Waals surface area contributed by atoms with Gasteiger partial charge in [-0.15, -0.1) is 0 Å². The number of amides is 1. The number of nitrogens with one attached hydrogen (secondary N) is 2. The fourth-order valence-electron chi connectivity index (χ4n) is 3.63. The quantitative estimate of drug-likeness (QED) is 0.233. The number of alkyl halides is 6. The summed E-state index contributed by atoms with van der Waals surface area (Å²) >= 11 is 0.960. The van der Waals surface area contributed by atoms with Crippen LogP contribution in [0.25, 0.3) is 0 Å². The first kappa shape index (κ1) is 31.2. The maximum atomic E-state index is 13.0. The summed E-state index contributed by atoms with van der Waals surface area (Å²) in [5, 5.41) is 5.83. The van der Waals surface area contributed by atoms with Gasteiger partial charge in [-0.05, 0) is 69.4 Å². The van der Waals surface area contributed by atoms with E-state index in [-0.39, 0.29) is 17.9 Å². The summed E-state index contributed by atoms with van der Waals surface area (Å²) in [5.41, 5.74) is 0.762. The summed E-state index contributed by atoms with van der Waals surface area (Å²) in [4.78, 5) is 26.1. The van der Waals surface area contributed by atoms with Crippen molar-refractivity contribution in [3.8, 4) is 0 Å². The van der Waals surface area contributed by atoms with E-state index in [9.17, 15) is 31.1 Å². The fraction of sp³-hybridized carbons (Fsp3) is 0.480. The minimum absolute atomic E-state index is 0.0212. The minimum atomic E-state index is -4.61. The van der Waals surface area contributed by atoms with E-state index < -0.39 is 30.4 Å². The standard InChI is InChI=1S/C25H29F6N7OS/c1-15(8-10-38(3)11-9-24(26,27)28)4-5-17-6-7-18(12-32-17)35-22(39)21-16(2)37-40-23(21)36-20-14-33-19(13-34-20)25(29,30)31/h6-7,12-15H,4-5,8-11H2,1-3H3,(H,34,36)(H,35,39). The summed E-state index contributed by atoms with van der Waals surface area (Å²) < 4.78 is 79.4. The van der Waals surface area contributed by atoms with Crippen LogP contribution >= 0.6 is 11.5 Å². The number of pyridine rings is 1. The lowest BCUT2D eigenvalue weighted by Crippen LogP contribution is -2.26. The van der Waals surface area contributed by atoms with Crippen molar-refractivity contribution in [1.82, 2.24) is 24.2 Å². The summed E-state index contributed by atoms with van der Waals surface area (Å²) in [6.45, 7) is 4.23. The Bertz CT molecular complexity index is 1250. The molecule has 1 unspecified atom stereocenters. The van der Waals surface area contributed by atoms with Crippen molar-refractivity contribution in [3.05, 3.63) is 53.4 Å². The summed E-state index contributed by atoms with van der Waals surface area (Å²) in [7, 11) is 1.68. The Balaban J connectivity index is 1.51. The number of aromatic nitrogens is 4. The van der Waals surface area contributed by atoms with E-state index in [1.54, 1.807) is 31.0 Å². The van der Waals surface area contributed by atoms with Crippen molar-refractivity contribution in [3.63, 3.8) is 0 Å². The van der Waals surface area contributed by atoms with Crippen LogP contribution in [0.4, 0.5) is 42.8 Å². The van der Waals surface area contributed by atoms with Gasteiger partial charge in [0.05, 0.1) is 42.0 Å². The zero-order valence-electron chi connectivity index (χ0n) is 22.0. The Morgan fingerprint density at radius 3 is 2.38 bits per heavy atom. The topological polar surface area (TPSA) is 95.9 Å². The number of halogens is 6. The van der Waals surface area contributed by atoms with E-state index >= 15 is 0 Å². The van der Waals surface area contributed by atoms with Crippen molar-refractivity contribution in [2.24, 2.45) is 5.92 Å². The number of nitrogens with zero attached hydrogens (tertiary/aromatic N) is 5. The maximum Gasteiger partial charge on any atom is 0.434 e. The molecule has 0 aliphatic carbocycles. The van der Waals surface area contributed by atoms with Crippen LogP contribution in [0.15, 0.2) is 30.7 Å². The van der Waals surface area contributed by atoms with E-state index in [1.165, 1.54) is 6.20 Å². The van der Waals surface area contributed by atoms with Crippen molar-refractivity contribution < 1.29 is 31.1 Å². The predicted molar refractivity (Wildman–Crippen MR) is 140 cm³/mol.